The van der Waals surface area contributed by atoms with Gasteiger partial charge in [-0.3, -0.25) is 4.79 Å². The van der Waals surface area contributed by atoms with Gasteiger partial charge < -0.3 is 9.64 Å². The summed E-state index contributed by atoms with van der Waals surface area (Å²) in [6.45, 7) is 4.30. The Labute approximate surface area is 106 Å². The molecule has 1 aromatic carbocycles. The van der Waals surface area contributed by atoms with Gasteiger partial charge in [0.2, 0.25) is 0 Å². The highest BCUT2D eigenvalue weighted by Gasteiger charge is 2.14. The second-order valence-corrected chi connectivity index (χ2v) is 3.60. The van der Waals surface area contributed by atoms with Crippen molar-refractivity contribution in [2.24, 2.45) is 0 Å². The molecule has 1 aromatic rings. The number of halogens is 1. The highest BCUT2D eigenvalue weighted by molar-refractivity contribution is 5.76. The molecular formula is C13H15FN2O2. The third-order valence-electron chi connectivity index (χ3n) is 2.42. The number of nitriles is 1. The van der Waals surface area contributed by atoms with Crippen LogP contribution in [0.1, 0.15) is 19.4 Å². The molecule has 18 heavy (non-hydrogen) atoms. The number of benzene rings is 1. The van der Waals surface area contributed by atoms with E-state index in [1.165, 1.54) is 12.1 Å². The van der Waals surface area contributed by atoms with Crippen molar-refractivity contribution in [3.63, 3.8) is 0 Å². The summed E-state index contributed by atoms with van der Waals surface area (Å²) >= 11 is 0. The van der Waals surface area contributed by atoms with E-state index in [0.29, 0.717) is 18.8 Å². The van der Waals surface area contributed by atoms with Crippen LogP contribution >= 0.6 is 0 Å². The smallest absolute Gasteiger partial charge is 0.325 e. The lowest BCUT2D eigenvalue weighted by atomic mass is 10.2. The average molecular weight is 250 g/mol. The standard InChI is InChI=1S/C13H15FN2O2/c1-3-16(9-13(17)18-4-2)12-6-5-10(8-15)7-11(12)14/h5-7H,3-4,9H2,1-2H3. The highest BCUT2D eigenvalue weighted by Crippen LogP contribution is 2.20. The van der Waals surface area contributed by atoms with Gasteiger partial charge in [0.15, 0.2) is 0 Å². The van der Waals surface area contributed by atoms with Crippen molar-refractivity contribution in [3.8, 4) is 6.07 Å². The summed E-state index contributed by atoms with van der Waals surface area (Å²) in [7, 11) is 0. The predicted octanol–water partition coefficient (Wildman–Crippen LogP) is 2.09. The number of nitrogens with zero attached hydrogens (tertiary/aromatic N) is 2. The number of carbonyl (C=O) groups is 1. The maximum Gasteiger partial charge on any atom is 0.325 e. The van der Waals surface area contributed by atoms with Crippen molar-refractivity contribution in [3.05, 3.63) is 29.6 Å². The fourth-order valence-electron chi connectivity index (χ4n) is 1.56. The number of anilines is 1. The van der Waals surface area contributed by atoms with Crippen molar-refractivity contribution in [1.82, 2.24) is 0 Å². The summed E-state index contributed by atoms with van der Waals surface area (Å²) in [5, 5.41) is 8.66. The van der Waals surface area contributed by atoms with E-state index in [4.69, 9.17) is 10.00 Å². The molecule has 0 atom stereocenters. The summed E-state index contributed by atoms with van der Waals surface area (Å²) in [6, 6.07) is 6.04. The molecule has 0 saturated carbocycles. The van der Waals surface area contributed by atoms with E-state index in [1.54, 1.807) is 11.8 Å². The lowest BCUT2D eigenvalue weighted by Gasteiger charge is -2.22. The molecular weight excluding hydrogens is 235 g/mol. The van der Waals surface area contributed by atoms with Gasteiger partial charge in [0, 0.05) is 6.54 Å². The molecule has 0 heterocycles. The fraction of sp³-hybridized carbons (Fsp3) is 0.385. The predicted molar refractivity (Wildman–Crippen MR) is 65.6 cm³/mol. The molecule has 0 unspecified atom stereocenters. The molecule has 0 aromatic heterocycles. The van der Waals surface area contributed by atoms with Gasteiger partial charge in [-0.15, -0.1) is 0 Å². The Morgan fingerprint density at radius 2 is 2.22 bits per heavy atom. The average Bonchev–Trinajstić information content (AvgIpc) is 2.36. The minimum Gasteiger partial charge on any atom is -0.465 e. The SMILES string of the molecule is CCOC(=O)CN(CC)c1ccc(C#N)cc1F. The van der Waals surface area contributed by atoms with Gasteiger partial charge in [-0.2, -0.15) is 5.26 Å². The Balaban J connectivity index is 2.89. The molecule has 4 nitrogen and oxygen atoms in total. The Hall–Kier alpha value is -2.09. The van der Waals surface area contributed by atoms with E-state index < -0.39 is 11.8 Å². The van der Waals surface area contributed by atoms with Crippen molar-refractivity contribution in [1.29, 1.82) is 5.26 Å². The minimum atomic E-state index is -0.514. The fourth-order valence-corrected chi connectivity index (χ4v) is 1.56. The molecule has 0 bridgehead atoms. The minimum absolute atomic E-state index is 0.00679. The quantitative estimate of drug-likeness (QED) is 0.751. The number of esters is 1. The van der Waals surface area contributed by atoms with Gasteiger partial charge in [0.25, 0.3) is 0 Å². The molecule has 96 valence electrons. The van der Waals surface area contributed by atoms with Crippen LogP contribution in [-0.4, -0.2) is 25.7 Å². The van der Waals surface area contributed by atoms with Crippen molar-refractivity contribution >= 4 is 11.7 Å². The van der Waals surface area contributed by atoms with Crippen LogP contribution in [0.15, 0.2) is 18.2 Å². The zero-order chi connectivity index (χ0) is 13.5. The largest absolute Gasteiger partial charge is 0.465 e. The van der Waals surface area contributed by atoms with Crippen LogP contribution in [0.5, 0.6) is 0 Å². The number of carbonyl (C=O) groups excluding carboxylic acids is 1. The summed E-state index contributed by atoms with van der Waals surface area (Å²) in [4.78, 5) is 12.9. The van der Waals surface area contributed by atoms with E-state index in [1.807, 2.05) is 13.0 Å². The van der Waals surface area contributed by atoms with Crippen LogP contribution in [0, 0.1) is 17.1 Å². The summed E-state index contributed by atoms with van der Waals surface area (Å²) in [5.74, 6) is -0.914. The lowest BCUT2D eigenvalue weighted by molar-refractivity contribution is -0.141. The van der Waals surface area contributed by atoms with Crippen molar-refractivity contribution in [2.75, 3.05) is 24.6 Å². The van der Waals surface area contributed by atoms with Gasteiger partial charge in [0.1, 0.15) is 12.4 Å². The first kappa shape index (κ1) is 14.0. The Morgan fingerprint density at radius 1 is 1.50 bits per heavy atom. The number of likely N-dealkylation sites (N-methyl/N-ethyl adjacent to an activating group) is 1. The third kappa shape index (κ3) is 3.45. The van der Waals surface area contributed by atoms with Crippen molar-refractivity contribution in [2.45, 2.75) is 13.8 Å². The molecule has 0 saturated heterocycles. The molecule has 0 aliphatic rings. The Kier molecular flexibility index (Phi) is 5.12. The van der Waals surface area contributed by atoms with E-state index >= 15 is 0 Å². The summed E-state index contributed by atoms with van der Waals surface area (Å²) in [6.07, 6.45) is 0. The molecule has 0 aliphatic heterocycles. The van der Waals surface area contributed by atoms with Crippen LogP contribution in [0.3, 0.4) is 0 Å². The molecule has 0 fully saturated rings. The first-order valence-electron chi connectivity index (χ1n) is 5.72. The van der Waals surface area contributed by atoms with E-state index in [0.717, 1.165) is 6.07 Å². The Bertz CT molecular complexity index is 469. The second-order valence-electron chi connectivity index (χ2n) is 3.60. The summed E-state index contributed by atoms with van der Waals surface area (Å²) in [5.41, 5.74) is 0.549. The topological polar surface area (TPSA) is 53.3 Å². The maximum atomic E-state index is 13.8. The van der Waals surface area contributed by atoms with Gasteiger partial charge in [-0.05, 0) is 32.0 Å². The van der Waals surface area contributed by atoms with E-state index in [9.17, 15) is 9.18 Å². The molecule has 0 aliphatic carbocycles. The first-order valence-corrected chi connectivity index (χ1v) is 5.72. The number of ether oxygens (including phenoxy) is 1. The third-order valence-corrected chi connectivity index (χ3v) is 2.42. The van der Waals surface area contributed by atoms with Gasteiger partial charge in [0.05, 0.1) is 23.9 Å². The Morgan fingerprint density at radius 3 is 2.72 bits per heavy atom. The van der Waals surface area contributed by atoms with E-state index in [-0.39, 0.29) is 12.1 Å². The lowest BCUT2D eigenvalue weighted by Crippen LogP contribution is -2.31. The van der Waals surface area contributed by atoms with Gasteiger partial charge >= 0.3 is 5.97 Å². The molecule has 0 radical (unpaired) electrons. The molecule has 1 rings (SSSR count). The van der Waals surface area contributed by atoms with Crippen LogP contribution in [0.2, 0.25) is 0 Å². The molecule has 5 heteroatoms. The summed E-state index contributed by atoms with van der Waals surface area (Å²) < 4.78 is 18.6. The maximum absolute atomic E-state index is 13.8. The normalized spacial score (nSPS) is 9.67. The van der Waals surface area contributed by atoms with Gasteiger partial charge in [-0.25, -0.2) is 4.39 Å². The van der Waals surface area contributed by atoms with Crippen LogP contribution < -0.4 is 4.90 Å². The van der Waals surface area contributed by atoms with Crippen LogP contribution in [0.4, 0.5) is 10.1 Å². The number of rotatable bonds is 5. The highest BCUT2D eigenvalue weighted by atomic mass is 19.1. The number of hydrogen-bond donors (Lipinski definition) is 0. The zero-order valence-electron chi connectivity index (χ0n) is 10.4. The molecule has 0 N–H and O–H groups in total. The monoisotopic (exact) mass is 250 g/mol. The second kappa shape index (κ2) is 6.60. The molecule has 0 amide bonds. The zero-order valence-corrected chi connectivity index (χ0v) is 10.4. The first-order chi connectivity index (χ1) is 8.62. The van der Waals surface area contributed by atoms with Gasteiger partial charge in [-0.1, -0.05) is 0 Å². The van der Waals surface area contributed by atoms with E-state index in [2.05, 4.69) is 0 Å². The van der Waals surface area contributed by atoms with Crippen molar-refractivity contribution < 1.29 is 13.9 Å². The number of hydrogen-bond acceptors (Lipinski definition) is 4. The van der Waals surface area contributed by atoms with Crippen LogP contribution in [0.25, 0.3) is 0 Å². The molecule has 0 spiro atoms. The van der Waals surface area contributed by atoms with Crippen LogP contribution in [-0.2, 0) is 9.53 Å².